The van der Waals surface area contributed by atoms with Gasteiger partial charge < -0.3 is 19.5 Å². The molecule has 0 aliphatic carbocycles. The van der Waals surface area contributed by atoms with Crippen LogP contribution in [0.3, 0.4) is 0 Å². The fraction of sp³-hybridized carbons (Fsp3) is 0.263. The van der Waals surface area contributed by atoms with Gasteiger partial charge in [0.1, 0.15) is 5.69 Å². The highest BCUT2D eigenvalue weighted by atomic mass is 32.1. The molecule has 2 heterocycles. The van der Waals surface area contributed by atoms with E-state index in [0.717, 1.165) is 11.3 Å². The number of carbonyl (C=O) groups excluding carboxylic acids is 1. The van der Waals surface area contributed by atoms with E-state index in [9.17, 15) is 4.79 Å². The molecule has 2 aromatic heterocycles. The van der Waals surface area contributed by atoms with Crippen LogP contribution in [0.1, 0.15) is 22.3 Å². The number of rotatable bonds is 7. The molecule has 0 aliphatic heterocycles. The van der Waals surface area contributed by atoms with Crippen molar-refractivity contribution in [2.75, 3.05) is 26.6 Å². The first-order valence-corrected chi connectivity index (χ1v) is 9.23. The number of H-pyrrole nitrogens is 1. The number of anilines is 1. The van der Waals surface area contributed by atoms with Crippen molar-refractivity contribution in [1.82, 2.24) is 10.2 Å². The minimum absolute atomic E-state index is 0.171. The lowest BCUT2D eigenvalue weighted by molar-refractivity contribution is 0.103. The van der Waals surface area contributed by atoms with Gasteiger partial charge in [0.05, 0.1) is 37.6 Å². The Balaban J connectivity index is 2.07. The molecule has 0 radical (unpaired) electrons. The zero-order valence-electron chi connectivity index (χ0n) is 15.6. The number of thiophene rings is 1. The largest absolute Gasteiger partial charge is 0.493 e. The molecule has 0 fully saturated rings. The zero-order chi connectivity index (χ0) is 19.4. The van der Waals surface area contributed by atoms with Gasteiger partial charge in [-0.15, -0.1) is 11.3 Å². The van der Waals surface area contributed by atoms with Crippen molar-refractivity contribution in [3.05, 3.63) is 40.2 Å². The Morgan fingerprint density at radius 3 is 2.41 bits per heavy atom. The van der Waals surface area contributed by atoms with Crippen molar-refractivity contribution in [3.63, 3.8) is 0 Å². The summed E-state index contributed by atoms with van der Waals surface area (Å²) < 4.78 is 16.2. The van der Waals surface area contributed by atoms with E-state index in [-0.39, 0.29) is 5.91 Å². The highest BCUT2D eigenvalue weighted by Crippen LogP contribution is 2.42. The van der Waals surface area contributed by atoms with Crippen molar-refractivity contribution < 1.29 is 19.0 Å². The quantitative estimate of drug-likeness (QED) is 0.640. The van der Waals surface area contributed by atoms with Gasteiger partial charge in [-0.2, -0.15) is 5.10 Å². The molecule has 3 rings (SSSR count). The molecule has 0 saturated carbocycles. The summed E-state index contributed by atoms with van der Waals surface area (Å²) in [6, 6.07) is 7.23. The van der Waals surface area contributed by atoms with Crippen LogP contribution in [0.2, 0.25) is 0 Å². The van der Waals surface area contributed by atoms with Crippen LogP contribution in [0.15, 0.2) is 29.6 Å². The summed E-state index contributed by atoms with van der Waals surface area (Å²) >= 11 is 1.39. The second-order valence-corrected chi connectivity index (χ2v) is 6.57. The minimum atomic E-state index is -0.171. The molecule has 2 N–H and O–H groups in total. The molecule has 3 aromatic rings. The van der Waals surface area contributed by atoms with Gasteiger partial charge in [0.25, 0.3) is 5.91 Å². The number of amides is 1. The standard InChI is InChI=1S/C19H21N3O4S/c1-5-12-17(20-19(23)15-7-6-8-27-15)16(22-21-12)11-9-13(24-2)18(26-4)14(10-11)25-3/h6-10H,5H2,1-4H3,(H,20,23)(H,21,22). The van der Waals surface area contributed by atoms with Gasteiger partial charge >= 0.3 is 0 Å². The topological polar surface area (TPSA) is 85.5 Å². The predicted octanol–water partition coefficient (Wildman–Crippen LogP) is 3.98. The maximum atomic E-state index is 12.6. The molecule has 1 amide bonds. The molecule has 8 heteroatoms. The molecule has 27 heavy (non-hydrogen) atoms. The van der Waals surface area contributed by atoms with Crippen molar-refractivity contribution in [3.8, 4) is 28.5 Å². The molecule has 0 aliphatic rings. The summed E-state index contributed by atoms with van der Waals surface area (Å²) in [6.07, 6.45) is 0.692. The molecular formula is C19H21N3O4S. The highest BCUT2D eigenvalue weighted by Gasteiger charge is 2.21. The molecule has 0 bridgehead atoms. The van der Waals surface area contributed by atoms with Gasteiger partial charge in [-0.1, -0.05) is 13.0 Å². The van der Waals surface area contributed by atoms with Gasteiger partial charge in [-0.3, -0.25) is 9.89 Å². The predicted molar refractivity (Wildman–Crippen MR) is 105 cm³/mol. The summed E-state index contributed by atoms with van der Waals surface area (Å²) in [5.74, 6) is 1.36. The number of carbonyl (C=O) groups is 1. The molecular weight excluding hydrogens is 366 g/mol. The number of methoxy groups -OCH3 is 3. The molecule has 7 nitrogen and oxygen atoms in total. The monoisotopic (exact) mass is 387 g/mol. The molecule has 0 atom stereocenters. The van der Waals surface area contributed by atoms with Gasteiger partial charge in [0, 0.05) is 5.56 Å². The Bertz CT molecular complexity index is 910. The minimum Gasteiger partial charge on any atom is -0.493 e. The van der Waals surface area contributed by atoms with E-state index in [0.29, 0.717) is 39.9 Å². The second-order valence-electron chi connectivity index (χ2n) is 5.62. The normalized spacial score (nSPS) is 10.5. The second kappa shape index (κ2) is 8.13. The molecule has 1 aromatic carbocycles. The summed E-state index contributed by atoms with van der Waals surface area (Å²) in [7, 11) is 4.67. The van der Waals surface area contributed by atoms with Crippen LogP contribution in [0.5, 0.6) is 17.2 Å². The summed E-state index contributed by atoms with van der Waals surface area (Å²) in [4.78, 5) is 13.2. The van der Waals surface area contributed by atoms with Crippen LogP contribution in [0.25, 0.3) is 11.3 Å². The number of aryl methyl sites for hydroxylation is 1. The SMILES string of the molecule is CCc1[nH]nc(-c2cc(OC)c(OC)c(OC)c2)c1NC(=O)c1cccs1. The number of hydrogen-bond acceptors (Lipinski definition) is 6. The Hall–Kier alpha value is -3.00. The number of benzene rings is 1. The first kappa shape index (κ1) is 18.8. The first-order valence-electron chi connectivity index (χ1n) is 8.35. The lowest BCUT2D eigenvalue weighted by Gasteiger charge is -2.14. The third kappa shape index (κ3) is 3.61. The van der Waals surface area contributed by atoms with Crippen LogP contribution >= 0.6 is 11.3 Å². The maximum absolute atomic E-state index is 12.6. The van der Waals surface area contributed by atoms with Crippen LogP contribution < -0.4 is 19.5 Å². The van der Waals surface area contributed by atoms with Crippen LogP contribution in [-0.2, 0) is 6.42 Å². The molecule has 0 saturated heterocycles. The molecule has 0 unspecified atom stereocenters. The molecule has 0 spiro atoms. The van der Waals surface area contributed by atoms with Crippen molar-refractivity contribution in [2.45, 2.75) is 13.3 Å². The Morgan fingerprint density at radius 1 is 1.19 bits per heavy atom. The Kier molecular flexibility index (Phi) is 5.66. The van der Waals surface area contributed by atoms with Crippen molar-refractivity contribution >= 4 is 22.9 Å². The van der Waals surface area contributed by atoms with Crippen LogP contribution in [-0.4, -0.2) is 37.4 Å². The summed E-state index contributed by atoms with van der Waals surface area (Å²) in [5.41, 5.74) is 2.83. The van der Waals surface area contributed by atoms with Gasteiger partial charge in [-0.05, 0) is 30.0 Å². The van der Waals surface area contributed by atoms with E-state index in [1.54, 1.807) is 39.5 Å². The number of hydrogen-bond donors (Lipinski definition) is 2. The van der Waals surface area contributed by atoms with Crippen molar-refractivity contribution in [1.29, 1.82) is 0 Å². The lowest BCUT2D eigenvalue weighted by Crippen LogP contribution is -2.11. The highest BCUT2D eigenvalue weighted by molar-refractivity contribution is 7.12. The Labute approximate surface area is 161 Å². The maximum Gasteiger partial charge on any atom is 0.265 e. The third-order valence-corrected chi connectivity index (χ3v) is 4.99. The van der Waals surface area contributed by atoms with Gasteiger partial charge in [0.2, 0.25) is 5.75 Å². The Morgan fingerprint density at radius 2 is 1.89 bits per heavy atom. The lowest BCUT2D eigenvalue weighted by atomic mass is 10.1. The van der Waals surface area contributed by atoms with E-state index < -0.39 is 0 Å². The zero-order valence-corrected chi connectivity index (χ0v) is 16.4. The molecule has 142 valence electrons. The average molecular weight is 387 g/mol. The summed E-state index contributed by atoms with van der Waals surface area (Å²) in [6.45, 7) is 1.99. The third-order valence-electron chi connectivity index (χ3n) is 4.12. The van der Waals surface area contributed by atoms with E-state index in [1.165, 1.54) is 11.3 Å². The van der Waals surface area contributed by atoms with Gasteiger partial charge in [-0.25, -0.2) is 0 Å². The van der Waals surface area contributed by atoms with Crippen LogP contribution in [0.4, 0.5) is 5.69 Å². The van der Waals surface area contributed by atoms with Crippen LogP contribution in [0, 0.1) is 0 Å². The number of aromatic nitrogens is 2. The fourth-order valence-electron chi connectivity index (χ4n) is 2.78. The van der Waals surface area contributed by atoms with E-state index in [4.69, 9.17) is 14.2 Å². The van der Waals surface area contributed by atoms with E-state index in [2.05, 4.69) is 15.5 Å². The first-order chi connectivity index (χ1) is 13.1. The van der Waals surface area contributed by atoms with Crippen molar-refractivity contribution in [2.24, 2.45) is 0 Å². The number of ether oxygens (including phenoxy) is 3. The number of aromatic amines is 1. The average Bonchev–Trinajstić information content (AvgIpc) is 3.36. The number of nitrogens with zero attached hydrogens (tertiary/aromatic N) is 1. The smallest absolute Gasteiger partial charge is 0.265 e. The summed E-state index contributed by atoms with van der Waals surface area (Å²) in [5, 5.41) is 12.3. The van der Waals surface area contributed by atoms with E-state index >= 15 is 0 Å². The number of nitrogens with one attached hydrogen (secondary N) is 2. The van der Waals surface area contributed by atoms with Gasteiger partial charge in [0.15, 0.2) is 11.5 Å². The fourth-order valence-corrected chi connectivity index (χ4v) is 3.40. The van der Waals surface area contributed by atoms with E-state index in [1.807, 2.05) is 18.4 Å².